The van der Waals surface area contributed by atoms with E-state index in [1.807, 2.05) is 6.26 Å². The van der Waals surface area contributed by atoms with E-state index in [0.717, 1.165) is 13.7 Å². The number of aromatic nitrogens is 3. The molecule has 0 aliphatic heterocycles. The van der Waals surface area contributed by atoms with Crippen LogP contribution in [0.25, 0.3) is 0 Å². The number of nitrogens with two attached hydrogens (primary N) is 1. The summed E-state index contributed by atoms with van der Waals surface area (Å²) in [5.41, 5.74) is 6.26. The molecule has 4 nitrogen and oxygen atoms in total. The van der Waals surface area contributed by atoms with Gasteiger partial charge in [0.15, 0.2) is 8.68 Å². The summed E-state index contributed by atoms with van der Waals surface area (Å²) >= 11 is 10.3. The van der Waals surface area contributed by atoms with Crippen molar-refractivity contribution < 1.29 is 0 Å². The number of nitrogen functional groups attached to an aromatic ring is 1. The second-order valence-corrected chi connectivity index (χ2v) is 6.39. The molecule has 8 heteroatoms. The maximum atomic E-state index is 5.81. The molecular weight excluding hydrogens is 284 g/mol. The predicted octanol–water partition coefficient (Wildman–Crippen LogP) is 3.04. The van der Waals surface area contributed by atoms with Crippen LogP contribution in [0, 0.1) is 0 Å². The molecule has 0 bridgehead atoms. The number of nitrogens with zero attached hydrogens (tertiary/aromatic N) is 3. The first kappa shape index (κ1) is 12.0. The Labute approximate surface area is 110 Å². The molecule has 16 heavy (non-hydrogen) atoms. The van der Waals surface area contributed by atoms with Crippen LogP contribution in [0.3, 0.4) is 0 Å². The first-order valence-electron chi connectivity index (χ1n) is 4.16. The van der Waals surface area contributed by atoms with Crippen LogP contribution in [-0.4, -0.2) is 21.4 Å². The third kappa shape index (κ3) is 3.00. The van der Waals surface area contributed by atoms with Crippen molar-refractivity contribution in [1.29, 1.82) is 0 Å². The molecule has 0 aliphatic carbocycles. The summed E-state index contributed by atoms with van der Waals surface area (Å²) < 4.78 is 1.76. The highest BCUT2D eigenvalue weighted by Crippen LogP contribution is 2.33. The predicted molar refractivity (Wildman–Crippen MR) is 69.5 cm³/mol. The van der Waals surface area contributed by atoms with Gasteiger partial charge in [-0.3, -0.25) is 0 Å². The lowest BCUT2D eigenvalue weighted by molar-refractivity contribution is 0.953. The summed E-state index contributed by atoms with van der Waals surface area (Å²) in [7, 11) is 0. The largest absolute Gasteiger partial charge is 0.399 e. The van der Waals surface area contributed by atoms with Gasteiger partial charge in [0.1, 0.15) is 10.2 Å². The zero-order chi connectivity index (χ0) is 11.5. The Morgan fingerprint density at radius 2 is 2.06 bits per heavy atom. The number of rotatable bonds is 3. The van der Waals surface area contributed by atoms with Gasteiger partial charge in [0, 0.05) is 5.69 Å². The molecule has 0 radical (unpaired) electrons. The van der Waals surface area contributed by atoms with Gasteiger partial charge in [-0.1, -0.05) is 34.7 Å². The smallest absolute Gasteiger partial charge is 0.181 e. The summed E-state index contributed by atoms with van der Waals surface area (Å²) in [6.07, 6.45) is 1.96. The van der Waals surface area contributed by atoms with Crippen molar-refractivity contribution in [3.05, 3.63) is 17.3 Å². The molecule has 0 saturated carbocycles. The van der Waals surface area contributed by atoms with E-state index in [1.165, 1.54) is 23.1 Å². The summed E-state index contributed by atoms with van der Waals surface area (Å²) in [5, 5.41) is 9.14. The van der Waals surface area contributed by atoms with Crippen molar-refractivity contribution in [2.75, 3.05) is 12.0 Å². The van der Waals surface area contributed by atoms with Gasteiger partial charge in [0.25, 0.3) is 0 Å². The second kappa shape index (κ2) is 5.22. The van der Waals surface area contributed by atoms with E-state index >= 15 is 0 Å². The van der Waals surface area contributed by atoms with Crippen LogP contribution in [0.5, 0.6) is 0 Å². The van der Waals surface area contributed by atoms with Gasteiger partial charge < -0.3 is 5.73 Å². The third-order valence-electron chi connectivity index (χ3n) is 1.55. The van der Waals surface area contributed by atoms with E-state index in [1.54, 1.807) is 23.9 Å². The highest BCUT2D eigenvalue weighted by Gasteiger charge is 2.07. The lowest BCUT2D eigenvalue weighted by Crippen LogP contribution is -1.88. The molecule has 0 spiro atoms. The molecule has 2 heterocycles. The normalized spacial score (nSPS) is 10.6. The minimum absolute atomic E-state index is 0.386. The Kier molecular flexibility index (Phi) is 3.91. The SMILES string of the molecule is CSc1nnc(Sc2cc(N)cc(Cl)n2)s1. The van der Waals surface area contributed by atoms with Crippen LogP contribution in [0.15, 0.2) is 25.8 Å². The van der Waals surface area contributed by atoms with Gasteiger partial charge in [-0.15, -0.1) is 10.2 Å². The molecule has 0 aliphatic rings. The molecule has 0 saturated heterocycles. The highest BCUT2D eigenvalue weighted by molar-refractivity contribution is 8.02. The van der Waals surface area contributed by atoms with Gasteiger partial charge in [-0.05, 0) is 30.2 Å². The van der Waals surface area contributed by atoms with Crippen molar-refractivity contribution in [2.24, 2.45) is 0 Å². The van der Waals surface area contributed by atoms with E-state index in [4.69, 9.17) is 17.3 Å². The average molecular weight is 291 g/mol. The van der Waals surface area contributed by atoms with Crippen molar-refractivity contribution in [2.45, 2.75) is 13.7 Å². The zero-order valence-electron chi connectivity index (χ0n) is 8.18. The average Bonchev–Trinajstić information content (AvgIpc) is 2.64. The fourth-order valence-corrected chi connectivity index (χ4v) is 3.64. The van der Waals surface area contributed by atoms with Crippen molar-refractivity contribution >= 4 is 52.1 Å². The maximum Gasteiger partial charge on any atom is 0.181 e. The molecule has 2 N–H and O–H groups in total. The van der Waals surface area contributed by atoms with Crippen LogP contribution >= 0.6 is 46.5 Å². The topological polar surface area (TPSA) is 64.7 Å². The third-order valence-corrected chi connectivity index (χ3v) is 4.61. The van der Waals surface area contributed by atoms with Crippen LogP contribution in [-0.2, 0) is 0 Å². The number of pyridine rings is 1. The van der Waals surface area contributed by atoms with Gasteiger partial charge in [-0.2, -0.15) is 0 Å². The molecule has 2 rings (SSSR count). The fraction of sp³-hybridized carbons (Fsp3) is 0.125. The van der Waals surface area contributed by atoms with Gasteiger partial charge >= 0.3 is 0 Å². The van der Waals surface area contributed by atoms with E-state index < -0.39 is 0 Å². The Morgan fingerprint density at radius 1 is 1.31 bits per heavy atom. The molecule has 2 aromatic heterocycles. The van der Waals surface area contributed by atoms with Gasteiger partial charge in [-0.25, -0.2) is 4.98 Å². The van der Waals surface area contributed by atoms with Gasteiger partial charge in [0.05, 0.1) is 0 Å². The number of thioether (sulfide) groups is 1. The van der Waals surface area contributed by atoms with Crippen molar-refractivity contribution in [3.8, 4) is 0 Å². The Hall–Kier alpha value is -0.500. The number of halogens is 1. The lowest BCUT2D eigenvalue weighted by atomic mass is 10.4. The molecular formula is C8H7ClN4S3. The minimum Gasteiger partial charge on any atom is -0.399 e. The summed E-state index contributed by atoms with van der Waals surface area (Å²) in [6, 6.07) is 3.37. The monoisotopic (exact) mass is 290 g/mol. The molecule has 0 aromatic carbocycles. The lowest BCUT2D eigenvalue weighted by Gasteiger charge is -1.99. The Balaban J connectivity index is 2.19. The molecule has 0 fully saturated rings. The first-order valence-corrected chi connectivity index (χ1v) is 7.39. The quantitative estimate of drug-likeness (QED) is 0.692. The van der Waals surface area contributed by atoms with E-state index in [9.17, 15) is 0 Å². The van der Waals surface area contributed by atoms with Crippen LogP contribution < -0.4 is 5.73 Å². The molecule has 0 atom stereocenters. The van der Waals surface area contributed by atoms with E-state index in [-0.39, 0.29) is 0 Å². The second-order valence-electron chi connectivity index (χ2n) is 2.70. The first-order chi connectivity index (χ1) is 7.67. The number of anilines is 1. The summed E-state index contributed by atoms with van der Waals surface area (Å²) in [6.45, 7) is 0. The maximum absolute atomic E-state index is 5.81. The molecule has 84 valence electrons. The summed E-state index contributed by atoms with van der Waals surface area (Å²) in [5.74, 6) is 0. The van der Waals surface area contributed by atoms with Crippen molar-refractivity contribution in [1.82, 2.24) is 15.2 Å². The fourth-order valence-electron chi connectivity index (χ4n) is 0.954. The zero-order valence-corrected chi connectivity index (χ0v) is 11.4. The van der Waals surface area contributed by atoms with Crippen LogP contribution in [0.4, 0.5) is 5.69 Å². The molecule has 2 aromatic rings. The van der Waals surface area contributed by atoms with Gasteiger partial charge in [0.2, 0.25) is 0 Å². The Morgan fingerprint density at radius 3 is 2.69 bits per heavy atom. The van der Waals surface area contributed by atoms with Crippen LogP contribution in [0.2, 0.25) is 5.15 Å². The van der Waals surface area contributed by atoms with E-state index in [0.29, 0.717) is 10.8 Å². The highest BCUT2D eigenvalue weighted by atomic mass is 35.5. The van der Waals surface area contributed by atoms with Crippen LogP contribution in [0.1, 0.15) is 0 Å². The standard InChI is InChI=1S/C8H7ClN4S3/c1-14-7-12-13-8(16-7)15-6-3-4(10)2-5(9)11-6/h2-3H,1H3,(H2,10,11). The van der Waals surface area contributed by atoms with E-state index in [2.05, 4.69) is 15.2 Å². The number of hydrogen-bond donors (Lipinski definition) is 1. The molecule has 0 amide bonds. The van der Waals surface area contributed by atoms with Crippen molar-refractivity contribution in [3.63, 3.8) is 0 Å². The Bertz CT molecular complexity index is 482. The number of hydrogen-bond acceptors (Lipinski definition) is 7. The summed E-state index contributed by atoms with van der Waals surface area (Å²) in [4.78, 5) is 4.14. The minimum atomic E-state index is 0.386. The molecule has 0 unspecified atom stereocenters.